The highest BCUT2D eigenvalue weighted by atomic mass is 16.5. The largest absolute Gasteiger partial charge is 0.461 e. The summed E-state index contributed by atoms with van der Waals surface area (Å²) in [5.41, 5.74) is 0.888. The maximum atomic E-state index is 11.4. The number of para-hydroxylation sites is 1. The van der Waals surface area contributed by atoms with E-state index in [0.29, 0.717) is 0 Å². The fraction of sp³-hybridized carbons (Fsp3) is 0.118. The molecule has 3 heteroatoms. The van der Waals surface area contributed by atoms with Gasteiger partial charge in [0, 0.05) is 0 Å². The summed E-state index contributed by atoms with van der Waals surface area (Å²) in [6.45, 7) is 3.74. The molecule has 3 nitrogen and oxygen atoms in total. The van der Waals surface area contributed by atoms with Crippen molar-refractivity contribution >= 4 is 5.97 Å². The zero-order valence-electron chi connectivity index (χ0n) is 11.1. The number of hydrogen-bond donors (Lipinski definition) is 0. The van der Waals surface area contributed by atoms with Gasteiger partial charge in [0.1, 0.15) is 18.1 Å². The zero-order valence-corrected chi connectivity index (χ0v) is 11.1. The highest BCUT2D eigenvalue weighted by molar-refractivity contribution is 5.72. The lowest BCUT2D eigenvalue weighted by atomic mass is 10.1. The van der Waals surface area contributed by atoms with E-state index in [2.05, 4.69) is 6.58 Å². The molecule has 0 heterocycles. The molecule has 0 aliphatic heterocycles. The lowest BCUT2D eigenvalue weighted by Gasteiger charge is -2.06. The van der Waals surface area contributed by atoms with E-state index in [1.165, 1.54) is 0 Å². The lowest BCUT2D eigenvalue weighted by molar-refractivity contribution is -0.141. The van der Waals surface area contributed by atoms with Crippen LogP contribution in [0.2, 0.25) is 0 Å². The number of carbonyl (C=O) groups is 1. The van der Waals surface area contributed by atoms with Gasteiger partial charge >= 0.3 is 5.97 Å². The molecule has 0 aliphatic rings. The molecule has 0 aliphatic carbocycles. The minimum Gasteiger partial charge on any atom is -0.461 e. The normalized spacial score (nSPS) is 9.80. The third kappa shape index (κ3) is 4.28. The van der Waals surface area contributed by atoms with E-state index in [4.69, 9.17) is 9.47 Å². The summed E-state index contributed by atoms with van der Waals surface area (Å²) in [5.74, 6) is 1.26. The van der Waals surface area contributed by atoms with Gasteiger partial charge in [0.05, 0.1) is 6.42 Å². The first-order chi connectivity index (χ1) is 9.78. The SMILES string of the molecule is C=CCOC(=O)Cc1ccc(Oc2ccccc2)cc1. The van der Waals surface area contributed by atoms with Gasteiger partial charge in [-0.15, -0.1) is 0 Å². The van der Waals surface area contributed by atoms with Crippen molar-refractivity contribution in [1.29, 1.82) is 0 Å². The van der Waals surface area contributed by atoms with Crippen molar-refractivity contribution in [2.75, 3.05) is 6.61 Å². The van der Waals surface area contributed by atoms with Crippen LogP contribution in [0.4, 0.5) is 0 Å². The molecule has 0 atom stereocenters. The van der Waals surface area contributed by atoms with E-state index >= 15 is 0 Å². The first-order valence-electron chi connectivity index (χ1n) is 6.36. The molecule has 0 unspecified atom stereocenters. The van der Waals surface area contributed by atoms with E-state index in [1.54, 1.807) is 6.08 Å². The van der Waals surface area contributed by atoms with Crippen LogP contribution in [0.25, 0.3) is 0 Å². The van der Waals surface area contributed by atoms with Gasteiger partial charge in [0.15, 0.2) is 0 Å². The predicted molar refractivity (Wildman–Crippen MR) is 77.8 cm³/mol. The fourth-order valence-corrected chi connectivity index (χ4v) is 1.67. The standard InChI is InChI=1S/C17H16O3/c1-2-12-19-17(18)13-14-8-10-16(11-9-14)20-15-6-4-3-5-7-15/h2-11H,1,12-13H2. The Balaban J connectivity index is 1.93. The average Bonchev–Trinajstić information content (AvgIpc) is 2.48. The second-order valence-corrected chi connectivity index (χ2v) is 4.21. The molecule has 0 fully saturated rings. The van der Waals surface area contributed by atoms with Crippen molar-refractivity contribution in [3.63, 3.8) is 0 Å². The van der Waals surface area contributed by atoms with E-state index < -0.39 is 0 Å². The van der Waals surface area contributed by atoms with E-state index in [0.717, 1.165) is 17.1 Å². The molecule has 0 bridgehead atoms. The van der Waals surface area contributed by atoms with Crippen LogP contribution in [0.15, 0.2) is 67.3 Å². The Morgan fingerprint density at radius 3 is 2.30 bits per heavy atom. The van der Waals surface area contributed by atoms with Crippen LogP contribution in [0.1, 0.15) is 5.56 Å². The topological polar surface area (TPSA) is 35.5 Å². The van der Waals surface area contributed by atoms with E-state index in [1.807, 2.05) is 54.6 Å². The Hall–Kier alpha value is -2.55. The maximum Gasteiger partial charge on any atom is 0.310 e. The molecule has 102 valence electrons. The quantitative estimate of drug-likeness (QED) is 0.591. The van der Waals surface area contributed by atoms with Crippen LogP contribution in [-0.4, -0.2) is 12.6 Å². The van der Waals surface area contributed by atoms with Crippen molar-refractivity contribution < 1.29 is 14.3 Å². The second kappa shape index (κ2) is 7.14. The van der Waals surface area contributed by atoms with Crippen LogP contribution in [0.3, 0.4) is 0 Å². The van der Waals surface area contributed by atoms with Gasteiger partial charge in [-0.1, -0.05) is 43.0 Å². The average molecular weight is 268 g/mol. The number of hydrogen-bond acceptors (Lipinski definition) is 3. The van der Waals surface area contributed by atoms with Gasteiger partial charge in [-0.25, -0.2) is 0 Å². The number of ether oxygens (including phenoxy) is 2. The zero-order chi connectivity index (χ0) is 14.2. The highest BCUT2D eigenvalue weighted by Gasteiger charge is 2.04. The molecule has 0 N–H and O–H groups in total. The fourth-order valence-electron chi connectivity index (χ4n) is 1.67. The number of benzene rings is 2. The van der Waals surface area contributed by atoms with E-state index in [-0.39, 0.29) is 19.0 Å². The highest BCUT2D eigenvalue weighted by Crippen LogP contribution is 2.21. The summed E-state index contributed by atoms with van der Waals surface area (Å²) < 4.78 is 10.6. The van der Waals surface area contributed by atoms with Gasteiger partial charge in [0.2, 0.25) is 0 Å². The summed E-state index contributed by atoms with van der Waals surface area (Å²) >= 11 is 0. The van der Waals surface area contributed by atoms with E-state index in [9.17, 15) is 4.79 Å². The lowest BCUT2D eigenvalue weighted by Crippen LogP contribution is -2.07. The Bertz CT molecular complexity index is 559. The van der Waals surface area contributed by atoms with Crippen molar-refractivity contribution in [2.45, 2.75) is 6.42 Å². The minimum absolute atomic E-state index is 0.244. The third-order valence-electron chi connectivity index (χ3n) is 2.61. The molecule has 0 saturated heterocycles. The summed E-state index contributed by atoms with van der Waals surface area (Å²) in [5, 5.41) is 0. The Labute approximate surface area is 118 Å². The molecule has 2 rings (SSSR count). The van der Waals surface area contributed by atoms with Gasteiger partial charge in [-0.05, 0) is 29.8 Å². The minimum atomic E-state index is -0.262. The smallest absolute Gasteiger partial charge is 0.310 e. The van der Waals surface area contributed by atoms with Crippen LogP contribution >= 0.6 is 0 Å². The Kier molecular flexibility index (Phi) is 4.95. The van der Waals surface area contributed by atoms with Gasteiger partial charge in [-0.3, -0.25) is 4.79 Å². The molecular formula is C17H16O3. The summed E-state index contributed by atoms with van der Waals surface area (Å²) in [6, 6.07) is 16.9. The summed E-state index contributed by atoms with van der Waals surface area (Å²) in [6.07, 6.45) is 1.80. The second-order valence-electron chi connectivity index (χ2n) is 4.21. The summed E-state index contributed by atoms with van der Waals surface area (Å²) in [4.78, 5) is 11.4. The number of esters is 1. The molecular weight excluding hydrogens is 252 g/mol. The van der Waals surface area contributed by atoms with Crippen LogP contribution in [-0.2, 0) is 16.0 Å². The number of carbonyl (C=O) groups excluding carboxylic acids is 1. The molecule has 0 aromatic heterocycles. The molecule has 0 spiro atoms. The summed E-state index contributed by atoms with van der Waals surface area (Å²) in [7, 11) is 0. The monoisotopic (exact) mass is 268 g/mol. The van der Waals surface area contributed by atoms with Crippen molar-refractivity contribution in [3.8, 4) is 11.5 Å². The predicted octanol–water partition coefficient (Wildman–Crippen LogP) is 3.75. The Morgan fingerprint density at radius 1 is 1.00 bits per heavy atom. The molecule has 0 radical (unpaired) electrons. The Morgan fingerprint density at radius 2 is 1.65 bits per heavy atom. The van der Waals surface area contributed by atoms with Crippen molar-refractivity contribution in [2.24, 2.45) is 0 Å². The third-order valence-corrected chi connectivity index (χ3v) is 2.61. The first kappa shape index (κ1) is 13.9. The molecule has 20 heavy (non-hydrogen) atoms. The first-order valence-corrected chi connectivity index (χ1v) is 6.36. The maximum absolute atomic E-state index is 11.4. The van der Waals surface area contributed by atoms with Crippen LogP contribution in [0.5, 0.6) is 11.5 Å². The van der Waals surface area contributed by atoms with Crippen molar-refractivity contribution in [1.82, 2.24) is 0 Å². The molecule has 0 saturated carbocycles. The molecule has 0 amide bonds. The number of rotatable bonds is 6. The van der Waals surface area contributed by atoms with Gasteiger partial charge in [0.25, 0.3) is 0 Å². The van der Waals surface area contributed by atoms with Crippen molar-refractivity contribution in [3.05, 3.63) is 72.8 Å². The molecule has 2 aromatic rings. The van der Waals surface area contributed by atoms with Crippen LogP contribution in [0, 0.1) is 0 Å². The van der Waals surface area contributed by atoms with Crippen LogP contribution < -0.4 is 4.74 Å². The molecule has 2 aromatic carbocycles. The van der Waals surface area contributed by atoms with Gasteiger partial charge in [-0.2, -0.15) is 0 Å². The van der Waals surface area contributed by atoms with Gasteiger partial charge < -0.3 is 9.47 Å².